The lowest BCUT2D eigenvalue weighted by Crippen LogP contribution is -2.46. The van der Waals surface area contributed by atoms with E-state index in [0.717, 1.165) is 16.9 Å². The maximum Gasteiger partial charge on any atom is 0.407 e. The van der Waals surface area contributed by atoms with Gasteiger partial charge in [-0.15, -0.1) is 0 Å². The van der Waals surface area contributed by atoms with Gasteiger partial charge in [-0.3, -0.25) is 0 Å². The van der Waals surface area contributed by atoms with Gasteiger partial charge in [0.2, 0.25) is 0 Å². The monoisotopic (exact) mass is 443 g/mol. The minimum atomic E-state index is -0.991. The Labute approximate surface area is 187 Å². The van der Waals surface area contributed by atoms with E-state index in [4.69, 9.17) is 4.74 Å². The molecule has 0 bridgehead atoms. The van der Waals surface area contributed by atoms with Gasteiger partial charge >= 0.3 is 12.1 Å². The Hall–Kier alpha value is -3.29. The molecule has 1 aliphatic rings. The molecule has 0 unspecified atom stereocenters. The Morgan fingerprint density at radius 3 is 2.41 bits per heavy atom. The first-order valence-corrected chi connectivity index (χ1v) is 10.8. The van der Waals surface area contributed by atoms with E-state index in [9.17, 15) is 19.1 Å². The van der Waals surface area contributed by atoms with Crippen LogP contribution in [0, 0.1) is 11.7 Å². The molecule has 2 aromatic rings. The number of carbonyl (C=O) groups excluding carboxylic acids is 1. The quantitative estimate of drug-likeness (QED) is 0.637. The van der Waals surface area contributed by atoms with Gasteiger partial charge in [0.15, 0.2) is 0 Å². The van der Waals surface area contributed by atoms with Crippen molar-refractivity contribution in [1.82, 2.24) is 15.1 Å². The van der Waals surface area contributed by atoms with Gasteiger partial charge in [0, 0.05) is 26.2 Å². The van der Waals surface area contributed by atoms with Crippen molar-refractivity contribution in [2.24, 2.45) is 5.92 Å². The van der Waals surface area contributed by atoms with Crippen LogP contribution in [0.25, 0.3) is 0 Å². The van der Waals surface area contributed by atoms with Crippen LogP contribution in [-0.4, -0.2) is 52.8 Å². The Kier molecular flexibility index (Phi) is 7.92. The van der Waals surface area contributed by atoms with E-state index in [-0.39, 0.29) is 31.0 Å². The maximum atomic E-state index is 13.3. The molecule has 0 aromatic heterocycles. The molecule has 2 N–H and O–H groups in total. The number of likely N-dealkylation sites (tertiary alicyclic amines) is 1. The number of nitrogens with one attached hydrogen (secondary N) is 1. The Morgan fingerprint density at radius 1 is 1.16 bits per heavy atom. The summed E-state index contributed by atoms with van der Waals surface area (Å²) in [7, 11) is 0. The SMILES string of the molecule is CC(C)COc1ccc(CNC(=O)N(Cc2ccc(F)cc2)[C@@H]2CCN(C(=O)O)C2)cc1. The number of carbonyl (C=O) groups is 2. The fourth-order valence-corrected chi connectivity index (χ4v) is 3.57. The fraction of sp³-hybridized carbons (Fsp3) is 0.417. The van der Waals surface area contributed by atoms with Crippen LogP contribution in [0.4, 0.5) is 14.0 Å². The molecule has 7 nitrogen and oxygen atoms in total. The number of hydrogen-bond donors (Lipinski definition) is 2. The zero-order valence-electron chi connectivity index (χ0n) is 18.5. The van der Waals surface area contributed by atoms with E-state index < -0.39 is 6.09 Å². The summed E-state index contributed by atoms with van der Waals surface area (Å²) in [5.74, 6) is 0.878. The fourth-order valence-electron chi connectivity index (χ4n) is 3.57. The molecule has 1 saturated heterocycles. The maximum absolute atomic E-state index is 13.3. The molecule has 3 rings (SSSR count). The van der Waals surface area contributed by atoms with Crippen LogP contribution in [0.15, 0.2) is 48.5 Å². The number of benzene rings is 2. The normalized spacial score (nSPS) is 15.6. The molecule has 1 atom stereocenters. The topological polar surface area (TPSA) is 82.1 Å². The lowest BCUT2D eigenvalue weighted by Gasteiger charge is -2.29. The van der Waals surface area contributed by atoms with Crippen LogP contribution in [0.2, 0.25) is 0 Å². The largest absolute Gasteiger partial charge is 0.493 e. The van der Waals surface area contributed by atoms with Crippen molar-refractivity contribution in [1.29, 1.82) is 0 Å². The molecule has 3 amide bonds. The molecule has 1 aliphatic heterocycles. The number of hydrogen-bond acceptors (Lipinski definition) is 3. The van der Waals surface area contributed by atoms with Gasteiger partial charge in [-0.1, -0.05) is 38.1 Å². The highest BCUT2D eigenvalue weighted by Gasteiger charge is 2.33. The summed E-state index contributed by atoms with van der Waals surface area (Å²) >= 11 is 0. The van der Waals surface area contributed by atoms with Crippen molar-refractivity contribution < 1.29 is 23.8 Å². The molecule has 1 heterocycles. The lowest BCUT2D eigenvalue weighted by atomic mass is 10.1. The van der Waals surface area contributed by atoms with Crippen LogP contribution in [0.1, 0.15) is 31.4 Å². The van der Waals surface area contributed by atoms with Crippen molar-refractivity contribution in [2.45, 2.75) is 39.4 Å². The molecule has 1 fully saturated rings. The number of urea groups is 1. The highest BCUT2D eigenvalue weighted by Crippen LogP contribution is 2.20. The second kappa shape index (κ2) is 10.8. The predicted molar refractivity (Wildman–Crippen MR) is 119 cm³/mol. The van der Waals surface area contributed by atoms with E-state index in [0.29, 0.717) is 32.0 Å². The van der Waals surface area contributed by atoms with Crippen molar-refractivity contribution >= 4 is 12.1 Å². The average Bonchev–Trinajstić information content (AvgIpc) is 3.26. The second-order valence-electron chi connectivity index (χ2n) is 8.43. The summed E-state index contributed by atoms with van der Waals surface area (Å²) in [6.07, 6.45) is -0.433. The van der Waals surface area contributed by atoms with E-state index in [1.807, 2.05) is 24.3 Å². The number of carboxylic acid groups (broad SMARTS) is 1. The van der Waals surface area contributed by atoms with Gasteiger partial charge in [0.05, 0.1) is 12.6 Å². The molecule has 32 heavy (non-hydrogen) atoms. The number of amides is 3. The van der Waals surface area contributed by atoms with Crippen LogP contribution in [0.5, 0.6) is 5.75 Å². The van der Waals surface area contributed by atoms with E-state index >= 15 is 0 Å². The highest BCUT2D eigenvalue weighted by molar-refractivity contribution is 5.75. The third-order valence-corrected chi connectivity index (χ3v) is 5.35. The Morgan fingerprint density at radius 2 is 1.81 bits per heavy atom. The third kappa shape index (κ3) is 6.60. The summed E-state index contributed by atoms with van der Waals surface area (Å²) in [6, 6.07) is 13.0. The molecular weight excluding hydrogens is 413 g/mol. The summed E-state index contributed by atoms with van der Waals surface area (Å²) in [4.78, 5) is 27.3. The summed E-state index contributed by atoms with van der Waals surface area (Å²) < 4.78 is 19.0. The van der Waals surface area contributed by atoms with E-state index in [1.165, 1.54) is 17.0 Å². The average molecular weight is 444 g/mol. The minimum Gasteiger partial charge on any atom is -0.493 e. The number of halogens is 1. The van der Waals surface area contributed by atoms with Crippen molar-refractivity contribution in [3.63, 3.8) is 0 Å². The molecule has 0 spiro atoms. The van der Waals surface area contributed by atoms with Gasteiger partial charge in [-0.05, 0) is 47.7 Å². The number of rotatable bonds is 8. The molecule has 8 heteroatoms. The minimum absolute atomic E-state index is 0.247. The summed E-state index contributed by atoms with van der Waals surface area (Å²) in [5, 5.41) is 12.2. The van der Waals surface area contributed by atoms with Crippen LogP contribution in [-0.2, 0) is 13.1 Å². The smallest absolute Gasteiger partial charge is 0.407 e. The van der Waals surface area contributed by atoms with Gasteiger partial charge in [0.1, 0.15) is 11.6 Å². The van der Waals surface area contributed by atoms with E-state index in [2.05, 4.69) is 19.2 Å². The highest BCUT2D eigenvalue weighted by atomic mass is 19.1. The first-order valence-electron chi connectivity index (χ1n) is 10.8. The standard InChI is InChI=1S/C24H30FN3O4/c1-17(2)16-32-22-9-5-18(6-10-22)13-26-23(29)28(14-19-3-7-20(25)8-4-19)21-11-12-27(15-21)24(30)31/h3-10,17,21H,11-16H2,1-2H3,(H,26,29)(H,30,31)/t21-/m1/s1. The first kappa shape index (κ1) is 23.4. The number of nitrogens with zero attached hydrogens (tertiary/aromatic N) is 2. The second-order valence-corrected chi connectivity index (χ2v) is 8.43. The molecule has 2 aromatic carbocycles. The first-order chi connectivity index (χ1) is 15.3. The Balaban J connectivity index is 1.64. The summed E-state index contributed by atoms with van der Waals surface area (Å²) in [6.45, 7) is 6.05. The predicted octanol–water partition coefficient (Wildman–Crippen LogP) is 4.32. The zero-order valence-corrected chi connectivity index (χ0v) is 18.5. The molecular formula is C24H30FN3O4. The van der Waals surface area contributed by atoms with Gasteiger partial charge in [-0.2, -0.15) is 0 Å². The van der Waals surface area contributed by atoms with Crippen LogP contribution < -0.4 is 10.1 Å². The molecule has 0 saturated carbocycles. The summed E-state index contributed by atoms with van der Waals surface area (Å²) in [5.41, 5.74) is 1.71. The lowest BCUT2D eigenvalue weighted by molar-refractivity contribution is 0.145. The molecule has 172 valence electrons. The van der Waals surface area contributed by atoms with Crippen LogP contribution in [0.3, 0.4) is 0 Å². The third-order valence-electron chi connectivity index (χ3n) is 5.35. The van der Waals surface area contributed by atoms with Gasteiger partial charge in [0.25, 0.3) is 0 Å². The zero-order chi connectivity index (χ0) is 23.1. The molecule has 0 radical (unpaired) electrons. The Bertz CT molecular complexity index is 902. The van der Waals surface area contributed by atoms with E-state index in [1.54, 1.807) is 17.0 Å². The molecule has 0 aliphatic carbocycles. The van der Waals surface area contributed by atoms with Crippen molar-refractivity contribution in [3.8, 4) is 5.75 Å². The van der Waals surface area contributed by atoms with Crippen molar-refractivity contribution in [2.75, 3.05) is 19.7 Å². The van der Waals surface area contributed by atoms with Crippen molar-refractivity contribution in [3.05, 3.63) is 65.5 Å². The van der Waals surface area contributed by atoms with Gasteiger partial charge < -0.3 is 25.0 Å². The van der Waals surface area contributed by atoms with Crippen LogP contribution >= 0.6 is 0 Å². The van der Waals surface area contributed by atoms with Gasteiger partial charge in [-0.25, -0.2) is 14.0 Å². The number of ether oxygens (including phenoxy) is 1.